The van der Waals surface area contributed by atoms with E-state index >= 15 is 0 Å². The molecule has 1 aliphatic carbocycles. The highest BCUT2D eigenvalue weighted by Gasteiger charge is 2.28. The van der Waals surface area contributed by atoms with Crippen molar-refractivity contribution in [1.29, 1.82) is 0 Å². The van der Waals surface area contributed by atoms with Gasteiger partial charge in [-0.1, -0.05) is 6.42 Å². The van der Waals surface area contributed by atoms with Gasteiger partial charge < -0.3 is 26.4 Å². The third-order valence-electron chi connectivity index (χ3n) is 8.02. The lowest BCUT2D eigenvalue weighted by Gasteiger charge is -2.28. The van der Waals surface area contributed by atoms with Crippen LogP contribution in [0.15, 0.2) is 34.0 Å². The topological polar surface area (TPSA) is 155 Å². The number of nitrogens with one attached hydrogen (secondary N) is 1. The number of carbonyl (C=O) groups excluding carboxylic acids is 1. The second kappa shape index (κ2) is 11.3. The van der Waals surface area contributed by atoms with Gasteiger partial charge in [-0.25, -0.2) is 9.97 Å². The van der Waals surface area contributed by atoms with E-state index in [2.05, 4.69) is 42.9 Å². The van der Waals surface area contributed by atoms with E-state index in [-0.39, 0.29) is 23.1 Å². The molecule has 7 rings (SSSR count). The van der Waals surface area contributed by atoms with E-state index in [0.29, 0.717) is 36.9 Å². The minimum atomic E-state index is -0.588. The van der Waals surface area contributed by atoms with Crippen LogP contribution in [0.3, 0.4) is 0 Å². The molecule has 1 amide bonds. The minimum Gasteiger partial charge on any atom is -0.378 e. The molecule has 14 heteroatoms. The summed E-state index contributed by atoms with van der Waals surface area (Å²) < 4.78 is 8.85. The fourth-order valence-corrected chi connectivity index (χ4v) is 9.26. The van der Waals surface area contributed by atoms with E-state index < -0.39 is 5.91 Å². The molecule has 0 bridgehead atoms. The molecular formula is C28H31N8O3S3+. The van der Waals surface area contributed by atoms with Crippen molar-refractivity contribution in [3.63, 3.8) is 0 Å². The molecule has 0 radical (unpaired) electrons. The first-order valence-corrected chi connectivity index (χ1v) is 16.6. The number of aromatic nitrogens is 4. The van der Waals surface area contributed by atoms with Crippen LogP contribution in [0.2, 0.25) is 0 Å². The zero-order valence-electron chi connectivity index (χ0n) is 22.9. The molecular weight excluding hydrogens is 593 g/mol. The largest absolute Gasteiger partial charge is 0.378 e. The van der Waals surface area contributed by atoms with Gasteiger partial charge in [0.05, 0.1) is 39.4 Å². The Morgan fingerprint density at radius 2 is 1.98 bits per heavy atom. The maximum atomic E-state index is 13.0. The summed E-state index contributed by atoms with van der Waals surface area (Å²) in [5.74, 6) is -0.0443. The van der Waals surface area contributed by atoms with Gasteiger partial charge in [-0.2, -0.15) is 9.61 Å². The van der Waals surface area contributed by atoms with Gasteiger partial charge in [0, 0.05) is 47.8 Å². The molecule has 5 aromatic heterocycles. The molecule has 42 heavy (non-hydrogen) atoms. The Morgan fingerprint density at radius 1 is 1.14 bits per heavy atom. The molecule has 11 nitrogen and oxygen atoms in total. The molecule has 2 atom stereocenters. The third-order valence-corrected chi connectivity index (χ3v) is 11.4. The Morgan fingerprint density at radius 3 is 2.79 bits per heavy atom. The summed E-state index contributed by atoms with van der Waals surface area (Å²) in [6.45, 7) is 2.89. The number of rotatable bonds is 7. The SMILES string of the molecule is NC(=O)c1c(Cc2csc(-c3csc4c(=O)cc(N5CCOCC5)sc34)c2)nc(N[C@H]2CCCC[C@H]2[NH3+])n2ncnc12. The zero-order valence-corrected chi connectivity index (χ0v) is 25.3. The summed E-state index contributed by atoms with van der Waals surface area (Å²) in [6, 6.07) is 4.30. The van der Waals surface area contributed by atoms with Gasteiger partial charge >= 0.3 is 0 Å². The summed E-state index contributed by atoms with van der Waals surface area (Å²) in [5.41, 5.74) is 13.5. The Hall–Kier alpha value is -3.43. The number of hydrogen-bond acceptors (Lipinski definition) is 11. The van der Waals surface area contributed by atoms with Crippen molar-refractivity contribution < 1.29 is 15.3 Å². The van der Waals surface area contributed by atoms with Gasteiger partial charge in [-0.05, 0) is 29.9 Å². The number of ether oxygens (including phenoxy) is 1. The van der Waals surface area contributed by atoms with Crippen molar-refractivity contribution in [2.75, 3.05) is 36.5 Å². The Labute approximate surface area is 253 Å². The summed E-state index contributed by atoms with van der Waals surface area (Å²) in [4.78, 5) is 38.2. The van der Waals surface area contributed by atoms with Gasteiger partial charge in [-0.15, -0.1) is 34.0 Å². The van der Waals surface area contributed by atoms with Crippen LogP contribution < -0.4 is 27.1 Å². The molecule has 0 unspecified atom stereocenters. The number of anilines is 2. The normalized spacial score (nSPS) is 19.5. The lowest BCUT2D eigenvalue weighted by molar-refractivity contribution is -0.427. The van der Waals surface area contributed by atoms with Gasteiger partial charge in [-0.3, -0.25) is 9.59 Å². The maximum Gasteiger partial charge on any atom is 0.254 e. The van der Waals surface area contributed by atoms with E-state index in [1.165, 1.54) is 24.1 Å². The molecule has 1 saturated carbocycles. The fourth-order valence-electron chi connectivity index (χ4n) is 5.81. The third kappa shape index (κ3) is 5.07. The molecule has 0 spiro atoms. The predicted molar refractivity (Wildman–Crippen MR) is 167 cm³/mol. The monoisotopic (exact) mass is 623 g/mol. The number of hydrogen-bond donors (Lipinski definition) is 3. The van der Waals surface area contributed by atoms with Crippen LogP contribution in [-0.4, -0.2) is 63.9 Å². The highest BCUT2D eigenvalue weighted by atomic mass is 32.1. The van der Waals surface area contributed by atoms with Crippen LogP contribution in [0.1, 0.15) is 47.3 Å². The molecule has 6 heterocycles. The molecule has 1 saturated heterocycles. The second-order valence-electron chi connectivity index (χ2n) is 10.8. The highest BCUT2D eigenvalue weighted by Crippen LogP contribution is 2.41. The number of nitrogens with two attached hydrogens (primary N) is 1. The number of carbonyl (C=O) groups is 1. The smallest absolute Gasteiger partial charge is 0.254 e. The van der Waals surface area contributed by atoms with E-state index in [1.807, 2.05) is 0 Å². The van der Waals surface area contributed by atoms with Gasteiger partial charge in [0.25, 0.3) is 5.91 Å². The molecule has 2 aliphatic rings. The Kier molecular flexibility index (Phi) is 7.40. The van der Waals surface area contributed by atoms with Gasteiger partial charge in [0.2, 0.25) is 5.95 Å². The van der Waals surface area contributed by atoms with E-state index in [9.17, 15) is 9.59 Å². The van der Waals surface area contributed by atoms with Crippen LogP contribution in [0, 0.1) is 0 Å². The summed E-state index contributed by atoms with van der Waals surface area (Å²) >= 11 is 4.76. The lowest BCUT2D eigenvalue weighted by Crippen LogP contribution is -2.68. The first kappa shape index (κ1) is 27.4. The van der Waals surface area contributed by atoms with E-state index in [0.717, 1.165) is 62.8 Å². The fraction of sp³-hybridized carbons (Fsp3) is 0.393. The van der Waals surface area contributed by atoms with Gasteiger partial charge in [0.1, 0.15) is 17.9 Å². The van der Waals surface area contributed by atoms with Crippen LogP contribution in [-0.2, 0) is 11.2 Å². The number of thiophene rings is 2. The standard InChI is InChI=1S/C28H30N8O3S3/c29-17-3-1-2-4-18(17)33-28-34-19(23(26(30)38)27-31-14-32-36(27)28)9-15-10-21(40-12-15)16-13-41-25-20(37)11-22(42-24(16)25)35-5-7-39-8-6-35/h10-14,17-18H,1-9,29H2,(H2,30,38)(H,33,34)/p+1/t17-,18+/m1/s1. The number of quaternary nitrogens is 1. The van der Waals surface area contributed by atoms with Crippen molar-refractivity contribution in [1.82, 2.24) is 19.6 Å². The van der Waals surface area contributed by atoms with Crippen molar-refractivity contribution >= 4 is 65.9 Å². The number of fused-ring (bicyclic) bond motifs is 2. The summed E-state index contributed by atoms with van der Waals surface area (Å²) in [5, 5.41) is 13.0. The lowest BCUT2D eigenvalue weighted by atomic mass is 9.91. The molecule has 5 aromatic rings. The van der Waals surface area contributed by atoms with Crippen LogP contribution >= 0.6 is 34.0 Å². The molecule has 218 valence electrons. The number of amides is 1. The van der Waals surface area contributed by atoms with Crippen LogP contribution in [0.4, 0.5) is 10.9 Å². The van der Waals surface area contributed by atoms with Crippen molar-refractivity contribution in [3.05, 3.63) is 56.3 Å². The molecule has 2 fully saturated rings. The predicted octanol–water partition coefficient (Wildman–Crippen LogP) is 2.98. The van der Waals surface area contributed by atoms with E-state index in [1.54, 1.807) is 33.3 Å². The molecule has 6 N–H and O–H groups in total. The summed E-state index contributed by atoms with van der Waals surface area (Å²) in [6.07, 6.45) is 6.19. The summed E-state index contributed by atoms with van der Waals surface area (Å²) in [7, 11) is 0. The zero-order chi connectivity index (χ0) is 28.8. The highest BCUT2D eigenvalue weighted by molar-refractivity contribution is 7.29. The quantitative estimate of drug-likeness (QED) is 0.250. The van der Waals surface area contributed by atoms with Crippen LogP contribution in [0.5, 0.6) is 0 Å². The van der Waals surface area contributed by atoms with E-state index in [4.69, 9.17) is 15.5 Å². The van der Waals surface area contributed by atoms with Crippen molar-refractivity contribution in [2.45, 2.75) is 44.2 Å². The number of nitrogens with zero attached hydrogens (tertiary/aromatic N) is 5. The average Bonchev–Trinajstić information content (AvgIpc) is 3.75. The Balaban J connectivity index is 1.23. The first-order valence-electron chi connectivity index (χ1n) is 14.0. The van der Waals surface area contributed by atoms with Crippen molar-refractivity contribution in [3.8, 4) is 10.4 Å². The Bertz CT molecular complexity index is 1840. The number of morpholine rings is 1. The number of primary amides is 1. The van der Waals surface area contributed by atoms with Crippen molar-refractivity contribution in [2.24, 2.45) is 5.73 Å². The van der Waals surface area contributed by atoms with Crippen LogP contribution in [0.25, 0.3) is 25.5 Å². The second-order valence-corrected chi connectivity index (χ2v) is 13.6. The molecule has 0 aromatic carbocycles. The maximum absolute atomic E-state index is 13.0. The molecule has 1 aliphatic heterocycles. The first-order chi connectivity index (χ1) is 20.5. The van der Waals surface area contributed by atoms with Gasteiger partial charge in [0.15, 0.2) is 11.1 Å². The minimum absolute atomic E-state index is 0.0534. The average molecular weight is 624 g/mol.